The van der Waals surface area contributed by atoms with Crippen LogP contribution in [0, 0.1) is 0 Å². The predicted octanol–water partition coefficient (Wildman–Crippen LogP) is 4.06. The minimum Gasteiger partial charge on any atom is -0.465 e. The van der Waals surface area contributed by atoms with E-state index >= 15 is 0 Å². The summed E-state index contributed by atoms with van der Waals surface area (Å²) < 4.78 is 10.0. The van der Waals surface area contributed by atoms with Crippen molar-refractivity contribution < 1.29 is 19.1 Å². The van der Waals surface area contributed by atoms with Crippen LogP contribution in [0.3, 0.4) is 0 Å². The van der Waals surface area contributed by atoms with Gasteiger partial charge in [-0.05, 0) is 26.7 Å². The van der Waals surface area contributed by atoms with E-state index in [-0.39, 0.29) is 19.8 Å². The van der Waals surface area contributed by atoms with Crippen molar-refractivity contribution in [3.8, 4) is 0 Å². The van der Waals surface area contributed by atoms with Crippen molar-refractivity contribution in [1.29, 1.82) is 0 Å². The van der Waals surface area contributed by atoms with Gasteiger partial charge in [0.05, 0.1) is 13.2 Å². The van der Waals surface area contributed by atoms with E-state index in [0.29, 0.717) is 13.2 Å². The number of hydrogen-bond acceptors (Lipinski definition) is 4. The molecule has 0 heterocycles. The first kappa shape index (κ1) is 20.4. The number of rotatable bonds is 11. The summed E-state index contributed by atoms with van der Waals surface area (Å²) in [6.07, 6.45) is 6.27. The first-order valence-corrected chi connectivity index (χ1v) is 9.55. The third-order valence-electron chi connectivity index (χ3n) is 2.68. The van der Waals surface area contributed by atoms with Crippen molar-refractivity contribution >= 4 is 57.1 Å². The third-order valence-corrected chi connectivity index (χ3v) is 3.69. The number of unbranched alkanes of at least 4 members (excludes halogenated alkanes) is 5. The van der Waals surface area contributed by atoms with E-state index < -0.39 is 0 Å². The van der Waals surface area contributed by atoms with Crippen molar-refractivity contribution in [2.45, 2.75) is 60.2 Å². The largest absolute Gasteiger partial charge is 0.465 e. The minimum atomic E-state index is -0.128. The molecule has 0 spiro atoms. The highest BCUT2D eigenvalue weighted by Crippen LogP contribution is 2.08. The standard InChI is InChI=1S/C14H24I2O4/c1-11(15)13(17)19-9-7-5-3-4-6-8-10-20-14(18)12(2)16/h11-12H,3-10H2,1-2H3. The van der Waals surface area contributed by atoms with Crippen LogP contribution in [0.2, 0.25) is 0 Å². The van der Waals surface area contributed by atoms with Crippen molar-refractivity contribution in [1.82, 2.24) is 0 Å². The van der Waals surface area contributed by atoms with Crippen molar-refractivity contribution in [3.63, 3.8) is 0 Å². The molecule has 0 aromatic heterocycles. The van der Waals surface area contributed by atoms with Crippen LogP contribution in [0.1, 0.15) is 52.4 Å². The number of carbonyl (C=O) groups is 2. The highest BCUT2D eigenvalue weighted by atomic mass is 127. The fraction of sp³-hybridized carbons (Fsp3) is 0.857. The second-order valence-electron chi connectivity index (χ2n) is 4.69. The van der Waals surface area contributed by atoms with Gasteiger partial charge >= 0.3 is 11.9 Å². The van der Waals surface area contributed by atoms with E-state index in [9.17, 15) is 9.59 Å². The summed E-state index contributed by atoms with van der Waals surface area (Å²) in [6, 6.07) is 0. The topological polar surface area (TPSA) is 52.6 Å². The van der Waals surface area contributed by atoms with Gasteiger partial charge in [-0.3, -0.25) is 9.59 Å². The van der Waals surface area contributed by atoms with E-state index in [1.807, 2.05) is 13.8 Å². The van der Waals surface area contributed by atoms with Gasteiger partial charge in [-0.1, -0.05) is 70.9 Å². The molecule has 0 rings (SSSR count). The summed E-state index contributed by atoms with van der Waals surface area (Å²) in [5.41, 5.74) is 0. The van der Waals surface area contributed by atoms with Gasteiger partial charge in [0, 0.05) is 0 Å². The normalized spacial score (nSPS) is 13.6. The lowest BCUT2D eigenvalue weighted by Crippen LogP contribution is -2.14. The molecule has 0 saturated carbocycles. The molecule has 2 atom stereocenters. The van der Waals surface area contributed by atoms with Crippen LogP contribution in [-0.2, 0) is 19.1 Å². The molecule has 6 heteroatoms. The summed E-state index contributed by atoms with van der Waals surface area (Å²) in [4.78, 5) is 22.4. The Morgan fingerprint density at radius 1 is 0.750 bits per heavy atom. The maximum absolute atomic E-state index is 11.2. The van der Waals surface area contributed by atoms with Gasteiger partial charge in [-0.15, -0.1) is 0 Å². The number of esters is 2. The summed E-state index contributed by atoms with van der Waals surface area (Å²) in [7, 11) is 0. The smallest absolute Gasteiger partial charge is 0.318 e. The van der Waals surface area contributed by atoms with E-state index in [1.54, 1.807) is 0 Å². The van der Waals surface area contributed by atoms with E-state index in [0.717, 1.165) is 38.5 Å². The molecular formula is C14H24I2O4. The summed E-state index contributed by atoms with van der Waals surface area (Å²) in [5.74, 6) is -0.256. The average molecular weight is 510 g/mol. The Labute approximate surface area is 149 Å². The van der Waals surface area contributed by atoms with Gasteiger partial charge in [0.25, 0.3) is 0 Å². The van der Waals surface area contributed by atoms with Crippen LogP contribution in [0.4, 0.5) is 0 Å². The molecule has 0 fully saturated rings. The maximum Gasteiger partial charge on any atom is 0.318 e. The zero-order chi connectivity index (χ0) is 15.4. The Morgan fingerprint density at radius 3 is 1.35 bits per heavy atom. The van der Waals surface area contributed by atoms with Crippen LogP contribution < -0.4 is 0 Å². The molecule has 0 aromatic carbocycles. The van der Waals surface area contributed by atoms with Crippen LogP contribution in [-0.4, -0.2) is 33.0 Å². The van der Waals surface area contributed by atoms with Crippen molar-refractivity contribution in [3.05, 3.63) is 0 Å². The average Bonchev–Trinajstić information content (AvgIpc) is 2.39. The van der Waals surface area contributed by atoms with Gasteiger partial charge in [0.15, 0.2) is 0 Å². The highest BCUT2D eigenvalue weighted by Gasteiger charge is 2.09. The summed E-state index contributed by atoms with van der Waals surface area (Å²) >= 11 is 4.11. The Balaban J connectivity index is 3.21. The minimum absolute atomic E-state index is 0.0689. The molecule has 0 aliphatic rings. The lowest BCUT2D eigenvalue weighted by atomic mass is 10.1. The molecule has 0 radical (unpaired) electrons. The molecule has 0 bridgehead atoms. The maximum atomic E-state index is 11.2. The van der Waals surface area contributed by atoms with Crippen LogP contribution in [0.5, 0.6) is 0 Å². The lowest BCUT2D eigenvalue weighted by Gasteiger charge is -2.07. The van der Waals surface area contributed by atoms with E-state index in [4.69, 9.17) is 9.47 Å². The first-order valence-electron chi connectivity index (χ1n) is 7.06. The Morgan fingerprint density at radius 2 is 1.05 bits per heavy atom. The van der Waals surface area contributed by atoms with E-state index in [2.05, 4.69) is 45.2 Å². The van der Waals surface area contributed by atoms with Crippen LogP contribution in [0.15, 0.2) is 0 Å². The number of hydrogen-bond donors (Lipinski definition) is 0. The van der Waals surface area contributed by atoms with Crippen LogP contribution >= 0.6 is 45.2 Å². The zero-order valence-electron chi connectivity index (χ0n) is 12.2. The van der Waals surface area contributed by atoms with Crippen LogP contribution in [0.25, 0.3) is 0 Å². The lowest BCUT2D eigenvalue weighted by molar-refractivity contribution is -0.143. The quantitative estimate of drug-likeness (QED) is 0.182. The zero-order valence-corrected chi connectivity index (χ0v) is 16.5. The molecule has 0 N–H and O–H groups in total. The van der Waals surface area contributed by atoms with Gasteiger partial charge in [0.2, 0.25) is 0 Å². The summed E-state index contributed by atoms with van der Waals surface area (Å²) in [5, 5.41) is 0. The SMILES string of the molecule is CC(I)C(=O)OCCCCCCCCOC(=O)C(C)I. The van der Waals surface area contributed by atoms with Gasteiger partial charge in [-0.2, -0.15) is 0 Å². The second kappa shape index (κ2) is 13.1. The Kier molecular flexibility index (Phi) is 13.4. The second-order valence-corrected chi connectivity index (χ2v) is 8.43. The molecule has 0 aliphatic heterocycles. The molecule has 2 unspecified atom stereocenters. The third kappa shape index (κ3) is 12.2. The molecule has 4 nitrogen and oxygen atoms in total. The van der Waals surface area contributed by atoms with Crippen molar-refractivity contribution in [2.75, 3.05) is 13.2 Å². The number of ether oxygens (including phenoxy) is 2. The Bertz CT molecular complexity index is 252. The predicted molar refractivity (Wildman–Crippen MR) is 96.6 cm³/mol. The number of alkyl halides is 2. The fourth-order valence-electron chi connectivity index (χ4n) is 1.49. The van der Waals surface area contributed by atoms with Gasteiger partial charge in [0.1, 0.15) is 7.85 Å². The number of halogens is 2. The highest BCUT2D eigenvalue weighted by molar-refractivity contribution is 14.1. The molecule has 20 heavy (non-hydrogen) atoms. The molecular weight excluding hydrogens is 486 g/mol. The Hall–Kier alpha value is 0.400. The fourth-order valence-corrected chi connectivity index (χ4v) is 1.85. The summed E-state index contributed by atoms with van der Waals surface area (Å²) in [6.45, 7) is 4.71. The van der Waals surface area contributed by atoms with Gasteiger partial charge < -0.3 is 9.47 Å². The molecule has 0 saturated heterocycles. The molecule has 0 aliphatic carbocycles. The molecule has 0 amide bonds. The van der Waals surface area contributed by atoms with Crippen molar-refractivity contribution in [2.24, 2.45) is 0 Å². The first-order chi connectivity index (χ1) is 9.45. The van der Waals surface area contributed by atoms with Gasteiger partial charge in [-0.25, -0.2) is 0 Å². The number of carbonyl (C=O) groups excluding carboxylic acids is 2. The van der Waals surface area contributed by atoms with E-state index in [1.165, 1.54) is 0 Å². The molecule has 118 valence electrons. The monoisotopic (exact) mass is 510 g/mol. The molecule has 0 aromatic rings.